The molecule has 4 nitrogen and oxygen atoms in total. The van der Waals surface area contributed by atoms with Gasteiger partial charge in [-0.3, -0.25) is 4.68 Å². The van der Waals surface area contributed by atoms with Gasteiger partial charge in [0.1, 0.15) is 0 Å². The van der Waals surface area contributed by atoms with Crippen molar-refractivity contribution in [3.8, 4) is 0 Å². The zero-order valence-corrected chi connectivity index (χ0v) is 9.89. The van der Waals surface area contributed by atoms with E-state index in [4.69, 9.17) is 0 Å². The fourth-order valence-corrected chi connectivity index (χ4v) is 2.19. The fourth-order valence-electron chi connectivity index (χ4n) is 2.19. The van der Waals surface area contributed by atoms with E-state index in [1.165, 1.54) is 5.69 Å². The Kier molecular flexibility index (Phi) is 3.96. The average molecular weight is 223 g/mol. The van der Waals surface area contributed by atoms with E-state index in [0.29, 0.717) is 5.92 Å². The molecule has 0 radical (unpaired) electrons. The third-order valence-electron chi connectivity index (χ3n) is 3.19. The van der Waals surface area contributed by atoms with Gasteiger partial charge in [-0.2, -0.15) is 5.10 Å². The Labute approximate surface area is 96.7 Å². The quantitative estimate of drug-likeness (QED) is 0.760. The van der Waals surface area contributed by atoms with Gasteiger partial charge in [-0.25, -0.2) is 0 Å². The first-order chi connectivity index (χ1) is 7.79. The van der Waals surface area contributed by atoms with Crippen LogP contribution in [0, 0.1) is 5.92 Å². The van der Waals surface area contributed by atoms with E-state index in [0.717, 1.165) is 38.9 Å². The van der Waals surface area contributed by atoms with Gasteiger partial charge in [-0.1, -0.05) is 6.92 Å². The maximum Gasteiger partial charge on any atom is 0.0546 e. The average Bonchev–Trinajstić information content (AvgIpc) is 2.64. The first-order valence-electron chi connectivity index (χ1n) is 6.19. The Balaban J connectivity index is 1.70. The molecule has 1 aromatic rings. The molecular weight excluding hydrogens is 202 g/mol. The van der Waals surface area contributed by atoms with Crippen molar-refractivity contribution < 1.29 is 5.11 Å². The number of aliphatic hydroxyl groups is 1. The number of aliphatic hydroxyl groups excluding tert-OH is 1. The van der Waals surface area contributed by atoms with E-state index < -0.39 is 0 Å². The van der Waals surface area contributed by atoms with Crippen molar-refractivity contribution in [2.45, 2.75) is 45.4 Å². The van der Waals surface area contributed by atoms with Crippen molar-refractivity contribution in [3.63, 3.8) is 0 Å². The first-order valence-corrected chi connectivity index (χ1v) is 6.19. The van der Waals surface area contributed by atoms with Crippen LogP contribution in [-0.4, -0.2) is 27.5 Å². The first kappa shape index (κ1) is 11.6. The van der Waals surface area contributed by atoms with Crippen LogP contribution in [0.4, 0.5) is 0 Å². The SMILES string of the molecule is CCCn1nccc1CNCC1CC(O)C1. The smallest absolute Gasteiger partial charge is 0.0546 e. The summed E-state index contributed by atoms with van der Waals surface area (Å²) in [7, 11) is 0. The van der Waals surface area contributed by atoms with Crippen LogP contribution in [0.25, 0.3) is 0 Å². The molecule has 90 valence electrons. The maximum absolute atomic E-state index is 9.17. The Morgan fingerprint density at radius 1 is 1.56 bits per heavy atom. The second-order valence-corrected chi connectivity index (χ2v) is 4.67. The Morgan fingerprint density at radius 2 is 2.38 bits per heavy atom. The predicted octanol–water partition coefficient (Wildman–Crippen LogP) is 1.15. The van der Waals surface area contributed by atoms with Crippen molar-refractivity contribution in [3.05, 3.63) is 18.0 Å². The summed E-state index contributed by atoms with van der Waals surface area (Å²) in [6.07, 6.45) is 4.85. The molecule has 0 unspecified atom stereocenters. The summed E-state index contributed by atoms with van der Waals surface area (Å²) in [4.78, 5) is 0. The molecule has 1 heterocycles. The molecule has 0 atom stereocenters. The Hall–Kier alpha value is -0.870. The number of aryl methyl sites for hydroxylation is 1. The molecule has 0 bridgehead atoms. The van der Waals surface area contributed by atoms with Gasteiger partial charge < -0.3 is 10.4 Å². The molecule has 1 fully saturated rings. The van der Waals surface area contributed by atoms with E-state index in [2.05, 4.69) is 28.1 Å². The van der Waals surface area contributed by atoms with Crippen LogP contribution in [-0.2, 0) is 13.1 Å². The van der Waals surface area contributed by atoms with Crippen LogP contribution in [0.5, 0.6) is 0 Å². The summed E-state index contributed by atoms with van der Waals surface area (Å²) in [6.45, 7) is 5.04. The van der Waals surface area contributed by atoms with Gasteiger partial charge >= 0.3 is 0 Å². The van der Waals surface area contributed by atoms with E-state index in [-0.39, 0.29) is 6.10 Å². The molecule has 1 aliphatic rings. The second-order valence-electron chi connectivity index (χ2n) is 4.67. The molecule has 0 aliphatic heterocycles. The van der Waals surface area contributed by atoms with Crippen LogP contribution in [0.2, 0.25) is 0 Å². The van der Waals surface area contributed by atoms with Gasteiger partial charge in [0.25, 0.3) is 0 Å². The Bertz CT molecular complexity index is 318. The van der Waals surface area contributed by atoms with Gasteiger partial charge in [0.2, 0.25) is 0 Å². The van der Waals surface area contributed by atoms with Gasteiger partial charge in [0.15, 0.2) is 0 Å². The van der Waals surface area contributed by atoms with Crippen molar-refractivity contribution in [1.29, 1.82) is 0 Å². The summed E-state index contributed by atoms with van der Waals surface area (Å²) in [6, 6.07) is 2.07. The highest BCUT2D eigenvalue weighted by Gasteiger charge is 2.26. The largest absolute Gasteiger partial charge is 0.393 e. The van der Waals surface area contributed by atoms with E-state index in [1.54, 1.807) is 0 Å². The lowest BCUT2D eigenvalue weighted by Gasteiger charge is -2.31. The summed E-state index contributed by atoms with van der Waals surface area (Å²) >= 11 is 0. The van der Waals surface area contributed by atoms with Crippen LogP contribution in [0.3, 0.4) is 0 Å². The number of aromatic nitrogens is 2. The fraction of sp³-hybridized carbons (Fsp3) is 0.750. The van der Waals surface area contributed by atoms with Crippen molar-refractivity contribution >= 4 is 0 Å². The van der Waals surface area contributed by atoms with Gasteiger partial charge in [0, 0.05) is 19.3 Å². The highest BCUT2D eigenvalue weighted by Crippen LogP contribution is 2.26. The monoisotopic (exact) mass is 223 g/mol. The summed E-state index contributed by atoms with van der Waals surface area (Å²) in [5, 5.41) is 16.9. The van der Waals surface area contributed by atoms with Gasteiger partial charge in [-0.05, 0) is 37.8 Å². The highest BCUT2D eigenvalue weighted by atomic mass is 16.3. The number of nitrogens with one attached hydrogen (secondary N) is 1. The predicted molar refractivity (Wildman–Crippen MR) is 63.0 cm³/mol. The second kappa shape index (κ2) is 5.46. The minimum Gasteiger partial charge on any atom is -0.393 e. The molecule has 0 amide bonds. The van der Waals surface area contributed by atoms with Gasteiger partial charge in [-0.15, -0.1) is 0 Å². The van der Waals surface area contributed by atoms with Crippen LogP contribution < -0.4 is 5.32 Å². The molecular formula is C12H21N3O. The summed E-state index contributed by atoms with van der Waals surface area (Å²) < 4.78 is 2.06. The van der Waals surface area contributed by atoms with Gasteiger partial charge in [0.05, 0.1) is 11.8 Å². The molecule has 1 saturated carbocycles. The van der Waals surface area contributed by atoms with E-state index in [9.17, 15) is 5.11 Å². The summed E-state index contributed by atoms with van der Waals surface area (Å²) in [5.41, 5.74) is 1.25. The number of hydrogen-bond donors (Lipinski definition) is 2. The lowest BCUT2D eigenvalue weighted by Crippen LogP contribution is -2.36. The third kappa shape index (κ3) is 2.83. The van der Waals surface area contributed by atoms with Crippen molar-refractivity contribution in [2.24, 2.45) is 5.92 Å². The topological polar surface area (TPSA) is 50.1 Å². The van der Waals surface area contributed by atoms with E-state index in [1.807, 2.05) is 6.20 Å². The standard InChI is InChI=1S/C12H21N3O/c1-2-5-15-11(3-4-14-15)9-13-8-10-6-12(16)7-10/h3-4,10,12-13,16H,2,5-9H2,1H3. The Morgan fingerprint density at radius 3 is 3.06 bits per heavy atom. The zero-order chi connectivity index (χ0) is 11.4. The summed E-state index contributed by atoms with van der Waals surface area (Å²) in [5.74, 6) is 0.664. The molecule has 0 saturated heterocycles. The minimum atomic E-state index is -0.0441. The minimum absolute atomic E-state index is 0.0441. The zero-order valence-electron chi connectivity index (χ0n) is 9.89. The van der Waals surface area contributed by atoms with Crippen LogP contribution >= 0.6 is 0 Å². The highest BCUT2D eigenvalue weighted by molar-refractivity contribution is 5.00. The third-order valence-corrected chi connectivity index (χ3v) is 3.19. The normalized spacial score (nSPS) is 24.4. The van der Waals surface area contributed by atoms with Crippen molar-refractivity contribution in [2.75, 3.05) is 6.54 Å². The molecule has 0 aromatic carbocycles. The molecule has 1 aliphatic carbocycles. The lowest BCUT2D eigenvalue weighted by molar-refractivity contribution is 0.0429. The van der Waals surface area contributed by atoms with Crippen LogP contribution in [0.1, 0.15) is 31.9 Å². The van der Waals surface area contributed by atoms with E-state index >= 15 is 0 Å². The molecule has 2 rings (SSSR count). The maximum atomic E-state index is 9.17. The molecule has 1 aromatic heterocycles. The number of hydrogen-bond acceptors (Lipinski definition) is 3. The molecule has 4 heteroatoms. The number of nitrogens with zero attached hydrogens (tertiary/aromatic N) is 2. The molecule has 0 spiro atoms. The van der Waals surface area contributed by atoms with Crippen LogP contribution in [0.15, 0.2) is 12.3 Å². The lowest BCUT2D eigenvalue weighted by atomic mass is 9.82. The molecule has 16 heavy (non-hydrogen) atoms. The molecule has 2 N–H and O–H groups in total. The number of rotatable bonds is 6. The van der Waals surface area contributed by atoms with Crippen molar-refractivity contribution in [1.82, 2.24) is 15.1 Å².